The number of nitrogens with zero attached hydrogens (tertiary/aromatic N) is 5. The van der Waals surface area contributed by atoms with E-state index in [0.717, 1.165) is 29.0 Å². The first-order valence-electron chi connectivity index (χ1n) is 19.0. The monoisotopic (exact) mass is 813 g/mol. The highest BCUT2D eigenvalue weighted by molar-refractivity contribution is 8.76. The maximum absolute atomic E-state index is 13.9. The summed E-state index contributed by atoms with van der Waals surface area (Å²) in [7, 11) is 6.18. The Morgan fingerprint density at radius 3 is 2.28 bits per heavy atom. The summed E-state index contributed by atoms with van der Waals surface area (Å²) in [5, 5.41) is 0.863. The number of amides is 3. The van der Waals surface area contributed by atoms with Crippen molar-refractivity contribution >= 4 is 57.1 Å². The number of carbonyl (C=O) groups excluding carboxylic acids is 3. The van der Waals surface area contributed by atoms with Crippen LogP contribution in [0.15, 0.2) is 83.0 Å². The van der Waals surface area contributed by atoms with Crippen LogP contribution in [-0.4, -0.2) is 110 Å². The summed E-state index contributed by atoms with van der Waals surface area (Å²) in [6.07, 6.45) is 6.57. The first-order valence-corrected chi connectivity index (χ1v) is 21.2. The molecule has 13 nitrogen and oxygen atoms in total. The van der Waals surface area contributed by atoms with E-state index in [1.54, 1.807) is 63.1 Å². The molecule has 0 spiro atoms. The van der Waals surface area contributed by atoms with E-state index in [-0.39, 0.29) is 42.3 Å². The van der Waals surface area contributed by atoms with Gasteiger partial charge in [0.15, 0.2) is 23.0 Å². The minimum absolute atomic E-state index is 0.0129. The average Bonchev–Trinajstić information content (AvgIpc) is 3.73. The zero-order valence-corrected chi connectivity index (χ0v) is 34.1. The fourth-order valence-electron chi connectivity index (χ4n) is 7.30. The van der Waals surface area contributed by atoms with Crippen molar-refractivity contribution in [2.24, 2.45) is 4.99 Å². The molecule has 5 heterocycles. The van der Waals surface area contributed by atoms with Crippen LogP contribution in [-0.2, 0) is 4.74 Å². The molecule has 0 saturated carbocycles. The van der Waals surface area contributed by atoms with Crippen molar-refractivity contribution in [3.8, 4) is 23.0 Å². The van der Waals surface area contributed by atoms with Gasteiger partial charge in [-0.2, -0.15) is 0 Å². The summed E-state index contributed by atoms with van der Waals surface area (Å²) in [4.78, 5) is 55.1. The van der Waals surface area contributed by atoms with Gasteiger partial charge < -0.3 is 33.5 Å². The summed E-state index contributed by atoms with van der Waals surface area (Å²) in [6, 6.07) is 12.2. The summed E-state index contributed by atoms with van der Waals surface area (Å²) in [5.74, 6) is 1.54. The molecule has 0 bridgehead atoms. The van der Waals surface area contributed by atoms with Crippen LogP contribution in [0.5, 0.6) is 23.0 Å². The van der Waals surface area contributed by atoms with E-state index in [1.807, 2.05) is 31.3 Å². The summed E-state index contributed by atoms with van der Waals surface area (Å²) in [6.45, 7) is 12.3. The van der Waals surface area contributed by atoms with Crippen molar-refractivity contribution < 1.29 is 38.1 Å². The number of ether oxygens (including phenoxy) is 5. The van der Waals surface area contributed by atoms with Crippen molar-refractivity contribution in [3.05, 3.63) is 84.1 Å². The number of rotatable bonds is 15. The molecule has 7 rings (SSSR count). The van der Waals surface area contributed by atoms with Gasteiger partial charge in [0.1, 0.15) is 11.6 Å². The Hall–Kier alpha value is -5.15. The van der Waals surface area contributed by atoms with Gasteiger partial charge in [-0.1, -0.05) is 41.2 Å². The van der Waals surface area contributed by atoms with E-state index in [4.69, 9.17) is 23.7 Å². The van der Waals surface area contributed by atoms with Crippen molar-refractivity contribution in [1.82, 2.24) is 14.8 Å². The molecule has 300 valence electrons. The number of methoxy groups -OCH3 is 2. The van der Waals surface area contributed by atoms with Gasteiger partial charge in [-0.05, 0) is 74.1 Å². The van der Waals surface area contributed by atoms with E-state index in [9.17, 15) is 14.4 Å². The molecule has 2 aromatic carbocycles. The highest BCUT2D eigenvalue weighted by Crippen LogP contribution is 2.42. The molecule has 4 aliphatic heterocycles. The zero-order valence-electron chi connectivity index (χ0n) is 32.4. The van der Waals surface area contributed by atoms with Crippen LogP contribution < -0.4 is 23.8 Å². The number of unbranched alkanes of at least 4 members (excludes halogenated alkanes) is 2. The number of anilines is 1. The smallest absolute Gasteiger partial charge is 0.414 e. The van der Waals surface area contributed by atoms with Gasteiger partial charge in [-0.25, -0.2) is 9.78 Å². The van der Waals surface area contributed by atoms with Crippen LogP contribution in [0.25, 0.3) is 0 Å². The average molecular weight is 814 g/mol. The van der Waals surface area contributed by atoms with Gasteiger partial charge in [0.05, 0.1) is 68.6 Å². The number of aliphatic imine (C=N–C) groups is 1. The number of aromatic nitrogens is 1. The third kappa shape index (κ3) is 9.04. The van der Waals surface area contributed by atoms with E-state index in [1.165, 1.54) is 17.9 Å². The fraction of sp³-hybridized carbons (Fsp3) is 0.405. The Morgan fingerprint density at radius 2 is 1.56 bits per heavy atom. The fourth-order valence-corrected chi connectivity index (χ4v) is 9.18. The second-order valence-corrected chi connectivity index (χ2v) is 17.1. The first-order chi connectivity index (χ1) is 27.6. The molecule has 0 radical (unpaired) electrons. The number of carbonyl (C=O) groups is 3. The lowest BCUT2D eigenvalue weighted by molar-refractivity contribution is 0.0747. The molecule has 0 aliphatic carbocycles. The standard InChI is InChI=1S/C42H47N5O8S2/c1-26-15-29-21-44-33-19-37(35(51-4)17-31(33)40(48)45(29)22-26)53-13-9-6-10-14-54-38-20-34-32(18-36(38)52-5)41(49)46-23-27(2)16-30(46)24-47(34)42(50)55-25-28(3)56-57-39-11-7-8-12-43-39/h7-8,11-12,17-21,28-30H,1-2,6,9-10,13-16,22-25H2,3-5H3/t28-,29?,30?/m1/s1. The molecular weight excluding hydrogens is 767 g/mol. The third-order valence-electron chi connectivity index (χ3n) is 10.2. The molecule has 2 fully saturated rings. The summed E-state index contributed by atoms with van der Waals surface area (Å²) < 4.78 is 29.5. The number of hydrogen-bond acceptors (Lipinski definition) is 12. The zero-order chi connectivity index (χ0) is 40.1. The van der Waals surface area contributed by atoms with Crippen LogP contribution in [0.2, 0.25) is 0 Å². The molecule has 4 aliphatic rings. The van der Waals surface area contributed by atoms with Crippen LogP contribution in [0, 0.1) is 0 Å². The van der Waals surface area contributed by atoms with Gasteiger partial charge in [0.2, 0.25) is 0 Å². The summed E-state index contributed by atoms with van der Waals surface area (Å²) in [5.41, 5.74) is 3.75. The second kappa shape index (κ2) is 18.0. The van der Waals surface area contributed by atoms with Gasteiger partial charge in [0.25, 0.3) is 11.8 Å². The molecule has 0 N–H and O–H groups in total. The third-order valence-corrected chi connectivity index (χ3v) is 12.9. The molecule has 3 amide bonds. The Labute approximate surface area is 340 Å². The van der Waals surface area contributed by atoms with Gasteiger partial charge >= 0.3 is 6.09 Å². The molecule has 3 atom stereocenters. The normalized spacial score (nSPS) is 19.0. The van der Waals surface area contributed by atoms with Crippen LogP contribution in [0.1, 0.15) is 59.7 Å². The van der Waals surface area contributed by atoms with Gasteiger partial charge in [-0.3, -0.25) is 19.5 Å². The Morgan fingerprint density at radius 1 is 0.877 bits per heavy atom. The predicted molar refractivity (Wildman–Crippen MR) is 222 cm³/mol. The van der Waals surface area contributed by atoms with Crippen molar-refractivity contribution in [2.75, 3.05) is 58.6 Å². The van der Waals surface area contributed by atoms with Gasteiger partial charge in [-0.15, -0.1) is 0 Å². The highest BCUT2D eigenvalue weighted by atomic mass is 33.1. The number of benzene rings is 2. The lowest BCUT2D eigenvalue weighted by atomic mass is 10.1. The molecule has 2 saturated heterocycles. The summed E-state index contributed by atoms with van der Waals surface area (Å²) >= 11 is 0. The van der Waals surface area contributed by atoms with Gasteiger partial charge in [0, 0.05) is 42.9 Å². The lowest BCUT2D eigenvalue weighted by Gasteiger charge is -2.26. The first kappa shape index (κ1) is 40.1. The SMILES string of the molecule is C=C1CC2C=Nc3cc(OCCCCCOc4cc5c(cc4OC)C(=O)N4CC(=C)CC4CN5C(=O)OC[C@@H](C)SSc4ccccn4)c(OC)cc3C(=O)N2C1. The largest absolute Gasteiger partial charge is 0.493 e. The highest BCUT2D eigenvalue weighted by Gasteiger charge is 2.41. The molecular formula is C42H47N5O8S2. The minimum Gasteiger partial charge on any atom is -0.493 e. The quantitative estimate of drug-likeness (QED) is 0.0847. The van der Waals surface area contributed by atoms with Crippen molar-refractivity contribution in [1.29, 1.82) is 0 Å². The number of pyridine rings is 1. The van der Waals surface area contributed by atoms with Crippen LogP contribution >= 0.6 is 21.6 Å². The minimum atomic E-state index is -0.536. The van der Waals surface area contributed by atoms with Crippen LogP contribution in [0.4, 0.5) is 16.2 Å². The molecule has 3 aromatic rings. The molecule has 15 heteroatoms. The topological polar surface area (TPSA) is 132 Å². The van der Waals surface area contributed by atoms with Crippen LogP contribution in [0.3, 0.4) is 0 Å². The van der Waals surface area contributed by atoms with E-state index >= 15 is 0 Å². The number of fused-ring (bicyclic) bond motifs is 4. The van der Waals surface area contributed by atoms with Crippen molar-refractivity contribution in [3.63, 3.8) is 0 Å². The Balaban J connectivity index is 0.964. The molecule has 1 aromatic heterocycles. The van der Waals surface area contributed by atoms with Crippen molar-refractivity contribution in [2.45, 2.75) is 61.4 Å². The maximum Gasteiger partial charge on any atom is 0.414 e. The Bertz CT molecular complexity index is 2060. The molecule has 57 heavy (non-hydrogen) atoms. The van der Waals surface area contributed by atoms with E-state index in [0.29, 0.717) is 91.1 Å². The second-order valence-electron chi connectivity index (χ2n) is 14.4. The Kier molecular flexibility index (Phi) is 12.6. The van der Waals surface area contributed by atoms with E-state index in [2.05, 4.69) is 23.1 Å². The maximum atomic E-state index is 13.9. The van der Waals surface area contributed by atoms with E-state index < -0.39 is 6.09 Å². The predicted octanol–water partition coefficient (Wildman–Crippen LogP) is 7.77. The molecule has 2 unspecified atom stereocenters. The number of hydrogen-bond donors (Lipinski definition) is 0. The lowest BCUT2D eigenvalue weighted by Crippen LogP contribution is -2.42.